The molecule has 0 atom stereocenters. The maximum atomic E-state index is 11.0. The van der Waals surface area contributed by atoms with Gasteiger partial charge >= 0.3 is 0 Å². The van der Waals surface area contributed by atoms with E-state index in [2.05, 4.69) is 15.5 Å². The highest BCUT2D eigenvalue weighted by Gasteiger charge is 2.22. The number of carbonyl (C=O) groups is 1. The molecule has 1 aliphatic heterocycles. The molecule has 0 saturated heterocycles. The first-order chi connectivity index (χ1) is 9.20. The summed E-state index contributed by atoms with van der Waals surface area (Å²) in [6, 6.07) is 3.68. The number of amides is 1. The number of aromatic nitrogens is 2. The molecule has 19 heavy (non-hydrogen) atoms. The van der Waals surface area contributed by atoms with Crippen molar-refractivity contribution in [1.29, 1.82) is 0 Å². The Labute approximate surface area is 108 Å². The highest BCUT2D eigenvalue weighted by atomic mass is 16.5. The van der Waals surface area contributed by atoms with Crippen LogP contribution in [0.15, 0.2) is 23.4 Å². The second-order valence-corrected chi connectivity index (χ2v) is 4.06. The van der Waals surface area contributed by atoms with Gasteiger partial charge in [0.25, 0.3) is 11.8 Å². The largest absolute Gasteiger partial charge is 0.493 e. The van der Waals surface area contributed by atoms with E-state index in [1.165, 1.54) is 0 Å². The van der Waals surface area contributed by atoms with Gasteiger partial charge in [0, 0.05) is 6.20 Å². The second-order valence-electron chi connectivity index (χ2n) is 4.06. The van der Waals surface area contributed by atoms with Gasteiger partial charge in [-0.25, -0.2) is 10.4 Å². The molecule has 0 saturated carbocycles. The first-order valence-electron chi connectivity index (χ1n) is 5.72. The van der Waals surface area contributed by atoms with Gasteiger partial charge in [-0.2, -0.15) is 0 Å². The van der Waals surface area contributed by atoms with Crippen LogP contribution in [0.4, 0.5) is 0 Å². The minimum atomic E-state index is -0.271. The van der Waals surface area contributed by atoms with E-state index in [0.717, 1.165) is 5.69 Å². The number of hydrazone groups is 1. The van der Waals surface area contributed by atoms with Gasteiger partial charge < -0.3 is 9.47 Å². The van der Waals surface area contributed by atoms with Gasteiger partial charge in [-0.05, 0) is 19.1 Å². The molecular formula is C12H12N4O3. The van der Waals surface area contributed by atoms with Crippen LogP contribution in [0, 0.1) is 6.92 Å². The van der Waals surface area contributed by atoms with E-state index in [4.69, 9.17) is 9.47 Å². The number of carbonyl (C=O) groups excluding carboxylic acids is 1. The minimum absolute atomic E-state index is 0.0462. The van der Waals surface area contributed by atoms with Crippen LogP contribution in [0.2, 0.25) is 0 Å². The number of fused-ring (bicyclic) bond motifs is 1. The number of aryl methyl sites for hydroxylation is 1. The van der Waals surface area contributed by atoms with Crippen molar-refractivity contribution in [2.24, 2.45) is 5.10 Å². The zero-order chi connectivity index (χ0) is 13.4. The molecule has 7 heteroatoms. The van der Waals surface area contributed by atoms with Gasteiger partial charge in [0.15, 0.2) is 18.0 Å². The Bertz CT molecular complexity index is 690. The summed E-state index contributed by atoms with van der Waals surface area (Å²) in [5.74, 6) is 0.739. The van der Waals surface area contributed by atoms with E-state index in [1.807, 2.05) is 29.7 Å². The highest BCUT2D eigenvalue weighted by Crippen LogP contribution is 2.22. The average Bonchev–Trinajstić information content (AvgIpc) is 2.76. The van der Waals surface area contributed by atoms with Crippen LogP contribution in [0.25, 0.3) is 5.65 Å². The van der Waals surface area contributed by atoms with Crippen LogP contribution >= 0.6 is 0 Å². The summed E-state index contributed by atoms with van der Waals surface area (Å²) in [6.07, 6.45) is 1.84. The average molecular weight is 260 g/mol. The summed E-state index contributed by atoms with van der Waals surface area (Å²) in [6.45, 7) is 1.81. The number of pyridine rings is 1. The maximum absolute atomic E-state index is 11.0. The van der Waals surface area contributed by atoms with Gasteiger partial charge in [0.2, 0.25) is 0 Å². The molecule has 0 radical (unpaired) electrons. The van der Waals surface area contributed by atoms with E-state index >= 15 is 0 Å². The van der Waals surface area contributed by atoms with Crippen LogP contribution in [-0.4, -0.2) is 34.9 Å². The van der Waals surface area contributed by atoms with Crippen LogP contribution in [-0.2, 0) is 9.53 Å². The predicted molar refractivity (Wildman–Crippen MR) is 67.1 cm³/mol. The lowest BCUT2D eigenvalue weighted by atomic mass is 10.3. The van der Waals surface area contributed by atoms with E-state index in [9.17, 15) is 4.79 Å². The van der Waals surface area contributed by atoms with Crippen LogP contribution < -0.4 is 10.2 Å². The lowest BCUT2D eigenvalue weighted by Gasteiger charge is -2.13. The number of nitrogens with zero attached hydrogens (tertiary/aromatic N) is 3. The summed E-state index contributed by atoms with van der Waals surface area (Å²) in [7, 11) is 1.59. The van der Waals surface area contributed by atoms with Gasteiger partial charge in [0.1, 0.15) is 5.69 Å². The fraction of sp³-hybridized carbons (Fsp3) is 0.250. The Morgan fingerprint density at radius 3 is 3.05 bits per heavy atom. The topological polar surface area (TPSA) is 77.2 Å². The molecule has 7 nitrogen and oxygen atoms in total. The van der Waals surface area contributed by atoms with Crippen molar-refractivity contribution >= 4 is 17.5 Å². The number of nitrogens with one attached hydrogen (secondary N) is 1. The molecule has 3 heterocycles. The fourth-order valence-electron chi connectivity index (χ4n) is 2.01. The third-order valence-corrected chi connectivity index (χ3v) is 2.83. The molecule has 0 aromatic carbocycles. The summed E-state index contributed by atoms with van der Waals surface area (Å²) in [5, 5.41) is 3.91. The minimum Gasteiger partial charge on any atom is -0.493 e. The van der Waals surface area contributed by atoms with Crippen molar-refractivity contribution in [2.75, 3.05) is 13.7 Å². The second kappa shape index (κ2) is 4.27. The summed E-state index contributed by atoms with van der Waals surface area (Å²) in [4.78, 5) is 15.5. The van der Waals surface area contributed by atoms with Crippen molar-refractivity contribution in [2.45, 2.75) is 6.92 Å². The number of ether oxygens (including phenoxy) is 2. The Kier molecular flexibility index (Phi) is 2.59. The van der Waals surface area contributed by atoms with E-state index in [1.54, 1.807) is 7.11 Å². The summed E-state index contributed by atoms with van der Waals surface area (Å²) < 4.78 is 12.4. The monoisotopic (exact) mass is 260 g/mol. The molecule has 3 rings (SSSR count). The summed E-state index contributed by atoms with van der Waals surface area (Å²) >= 11 is 0. The first kappa shape index (κ1) is 11.5. The lowest BCUT2D eigenvalue weighted by molar-refractivity contribution is -0.124. The normalized spacial score (nSPS) is 14.8. The Morgan fingerprint density at radius 2 is 2.37 bits per heavy atom. The maximum Gasteiger partial charge on any atom is 0.278 e. The zero-order valence-electron chi connectivity index (χ0n) is 10.5. The third kappa shape index (κ3) is 1.79. The number of methoxy groups -OCH3 is 1. The first-order valence-corrected chi connectivity index (χ1v) is 5.72. The molecule has 0 aliphatic carbocycles. The molecule has 0 spiro atoms. The Hall–Kier alpha value is -2.57. The van der Waals surface area contributed by atoms with Crippen LogP contribution in [0.1, 0.15) is 11.4 Å². The highest BCUT2D eigenvalue weighted by molar-refractivity contribution is 5.98. The van der Waals surface area contributed by atoms with Crippen LogP contribution in [0.3, 0.4) is 0 Å². The molecular weight excluding hydrogens is 248 g/mol. The van der Waals surface area contributed by atoms with Crippen molar-refractivity contribution in [1.82, 2.24) is 14.8 Å². The number of rotatable bonds is 2. The van der Waals surface area contributed by atoms with E-state index in [0.29, 0.717) is 23.0 Å². The van der Waals surface area contributed by atoms with Gasteiger partial charge in [-0.15, -0.1) is 5.10 Å². The lowest BCUT2D eigenvalue weighted by Crippen LogP contribution is -2.32. The standard InChI is InChI=1S/C12H12N4O3/c1-7-10(12-15-14-9(17)6-19-12)16-5-3-4-8(18-2)11(16)13-7/h3-5H,6H2,1-2H3,(H,14,17). The SMILES string of the molecule is COc1cccn2c(C3=NNC(=O)CO3)c(C)nc12. The molecule has 98 valence electrons. The van der Waals surface area contributed by atoms with E-state index < -0.39 is 0 Å². The predicted octanol–water partition coefficient (Wildman–Crippen LogP) is 0.459. The number of hydrogen-bond donors (Lipinski definition) is 1. The van der Waals surface area contributed by atoms with Gasteiger partial charge in [-0.1, -0.05) is 0 Å². The third-order valence-electron chi connectivity index (χ3n) is 2.83. The molecule has 1 amide bonds. The van der Waals surface area contributed by atoms with Crippen molar-refractivity contribution < 1.29 is 14.3 Å². The van der Waals surface area contributed by atoms with Gasteiger partial charge in [0.05, 0.1) is 12.8 Å². The van der Waals surface area contributed by atoms with Crippen LogP contribution in [0.5, 0.6) is 5.75 Å². The molecule has 1 aliphatic rings. The van der Waals surface area contributed by atoms with Crippen molar-refractivity contribution in [3.63, 3.8) is 0 Å². The van der Waals surface area contributed by atoms with E-state index in [-0.39, 0.29) is 12.5 Å². The Morgan fingerprint density at radius 1 is 1.53 bits per heavy atom. The molecule has 2 aromatic heterocycles. The van der Waals surface area contributed by atoms with Crippen molar-refractivity contribution in [3.05, 3.63) is 29.7 Å². The van der Waals surface area contributed by atoms with Gasteiger partial charge in [-0.3, -0.25) is 9.20 Å². The number of hydrogen-bond acceptors (Lipinski definition) is 5. The number of imidazole rings is 1. The molecule has 0 fully saturated rings. The summed E-state index contributed by atoms with van der Waals surface area (Å²) in [5.41, 5.74) is 4.53. The molecule has 2 aromatic rings. The molecule has 0 bridgehead atoms. The molecule has 0 unspecified atom stereocenters. The Balaban J connectivity index is 2.19. The molecule has 1 N–H and O–H groups in total. The zero-order valence-corrected chi connectivity index (χ0v) is 10.5. The fourth-order valence-corrected chi connectivity index (χ4v) is 2.01. The quantitative estimate of drug-likeness (QED) is 0.851. The van der Waals surface area contributed by atoms with Crippen molar-refractivity contribution in [3.8, 4) is 5.75 Å². The smallest absolute Gasteiger partial charge is 0.278 e.